The summed E-state index contributed by atoms with van der Waals surface area (Å²) in [5.41, 5.74) is 6.29. The van der Waals surface area contributed by atoms with Crippen LogP contribution in [0.3, 0.4) is 0 Å². The minimum atomic E-state index is -0.329. The van der Waals surface area contributed by atoms with Crippen molar-refractivity contribution in [1.29, 1.82) is 0 Å². The number of nitrogens with one attached hydrogen (secondary N) is 2. The van der Waals surface area contributed by atoms with Gasteiger partial charge in [0.25, 0.3) is 5.91 Å². The highest BCUT2D eigenvalue weighted by atomic mass is 35.5. The Hall–Kier alpha value is -2.01. The molecule has 6 heteroatoms. The van der Waals surface area contributed by atoms with E-state index in [2.05, 4.69) is 15.5 Å². The van der Waals surface area contributed by atoms with Crippen LogP contribution in [0.1, 0.15) is 10.4 Å². The number of aromatic nitrogens is 2. The van der Waals surface area contributed by atoms with E-state index in [0.717, 1.165) is 0 Å². The van der Waals surface area contributed by atoms with Gasteiger partial charge in [0.15, 0.2) is 0 Å². The monoisotopic (exact) mass is 236 g/mol. The Morgan fingerprint density at radius 3 is 2.94 bits per heavy atom. The minimum Gasteiger partial charge on any atom is -0.397 e. The molecule has 0 unspecified atom stereocenters. The molecule has 16 heavy (non-hydrogen) atoms. The van der Waals surface area contributed by atoms with Gasteiger partial charge in [0.05, 0.1) is 22.5 Å². The van der Waals surface area contributed by atoms with Gasteiger partial charge in [-0.3, -0.25) is 9.89 Å². The van der Waals surface area contributed by atoms with E-state index in [1.165, 1.54) is 6.20 Å². The molecular weight excluding hydrogens is 228 g/mol. The van der Waals surface area contributed by atoms with Gasteiger partial charge in [-0.25, -0.2) is 0 Å². The third-order valence-corrected chi connectivity index (χ3v) is 2.38. The van der Waals surface area contributed by atoms with Crippen molar-refractivity contribution in [3.63, 3.8) is 0 Å². The molecule has 1 aromatic carbocycles. The summed E-state index contributed by atoms with van der Waals surface area (Å²) >= 11 is 5.81. The summed E-state index contributed by atoms with van der Waals surface area (Å²) in [4.78, 5) is 11.8. The van der Waals surface area contributed by atoms with Crippen LogP contribution < -0.4 is 11.1 Å². The highest BCUT2D eigenvalue weighted by Gasteiger charge is 2.11. The predicted molar refractivity (Wildman–Crippen MR) is 62.4 cm³/mol. The molecule has 0 bridgehead atoms. The fourth-order valence-electron chi connectivity index (χ4n) is 1.25. The molecule has 5 nitrogen and oxygen atoms in total. The Bertz CT molecular complexity index is 510. The summed E-state index contributed by atoms with van der Waals surface area (Å²) in [6.07, 6.45) is 1.54. The maximum atomic E-state index is 11.8. The van der Waals surface area contributed by atoms with Crippen LogP contribution in [0, 0.1) is 0 Å². The molecule has 0 saturated carbocycles. The average Bonchev–Trinajstić information content (AvgIpc) is 2.74. The molecule has 0 aliphatic carbocycles. The second kappa shape index (κ2) is 4.24. The smallest absolute Gasteiger partial charge is 0.258 e. The van der Waals surface area contributed by atoms with E-state index in [0.29, 0.717) is 16.4 Å². The lowest BCUT2D eigenvalue weighted by Crippen LogP contribution is -2.14. The lowest BCUT2D eigenvalue weighted by molar-refractivity contribution is 0.102. The summed E-state index contributed by atoms with van der Waals surface area (Å²) in [5.74, 6) is 0.175. The van der Waals surface area contributed by atoms with Crippen molar-refractivity contribution in [3.05, 3.63) is 41.0 Å². The number of carbonyl (C=O) groups is 1. The van der Waals surface area contributed by atoms with Crippen LogP contribution >= 0.6 is 11.6 Å². The fourth-order valence-corrected chi connectivity index (χ4v) is 1.42. The molecule has 1 amide bonds. The zero-order chi connectivity index (χ0) is 11.5. The van der Waals surface area contributed by atoms with Gasteiger partial charge in [-0.2, -0.15) is 5.10 Å². The van der Waals surface area contributed by atoms with Crippen LogP contribution in [-0.2, 0) is 0 Å². The largest absolute Gasteiger partial charge is 0.397 e. The number of anilines is 2. The molecule has 0 spiro atoms. The van der Waals surface area contributed by atoms with E-state index in [4.69, 9.17) is 17.3 Å². The molecule has 0 fully saturated rings. The number of hydrogen-bond donors (Lipinski definition) is 3. The number of aromatic amines is 1. The molecule has 82 valence electrons. The van der Waals surface area contributed by atoms with Gasteiger partial charge < -0.3 is 11.1 Å². The van der Waals surface area contributed by atoms with Gasteiger partial charge in [0.2, 0.25) is 0 Å². The number of nitrogens with two attached hydrogens (primary N) is 1. The summed E-state index contributed by atoms with van der Waals surface area (Å²) in [6, 6.07) is 6.54. The number of H-pyrrole nitrogens is 1. The number of hydrogen-bond acceptors (Lipinski definition) is 3. The van der Waals surface area contributed by atoms with Crippen molar-refractivity contribution >= 4 is 29.0 Å². The van der Waals surface area contributed by atoms with Gasteiger partial charge in [-0.15, -0.1) is 0 Å². The number of para-hydroxylation sites is 1. The maximum Gasteiger partial charge on any atom is 0.258 e. The highest BCUT2D eigenvalue weighted by Crippen LogP contribution is 2.22. The van der Waals surface area contributed by atoms with Crippen LogP contribution in [-0.4, -0.2) is 16.1 Å². The maximum absolute atomic E-state index is 11.8. The van der Waals surface area contributed by atoms with Crippen molar-refractivity contribution in [1.82, 2.24) is 10.2 Å². The van der Waals surface area contributed by atoms with Crippen molar-refractivity contribution in [2.24, 2.45) is 0 Å². The normalized spacial score (nSPS) is 10.1. The van der Waals surface area contributed by atoms with Crippen LogP contribution in [0.5, 0.6) is 0 Å². The molecule has 1 heterocycles. The summed E-state index contributed by atoms with van der Waals surface area (Å²) in [6.45, 7) is 0. The van der Waals surface area contributed by atoms with Crippen LogP contribution in [0.2, 0.25) is 5.02 Å². The quantitative estimate of drug-likeness (QED) is 0.697. The molecule has 0 aliphatic heterocycles. The van der Waals surface area contributed by atoms with Crippen LogP contribution in [0.4, 0.5) is 11.5 Å². The molecule has 2 rings (SSSR count). The van der Waals surface area contributed by atoms with E-state index in [1.54, 1.807) is 24.3 Å². The number of benzene rings is 1. The number of nitrogen functional groups attached to an aromatic ring is 1. The molecule has 0 atom stereocenters. The number of nitrogens with zero attached hydrogens (tertiary/aromatic N) is 1. The molecule has 2 aromatic rings. The Labute approximate surface area is 96.6 Å². The molecular formula is C10H9ClN4O. The van der Waals surface area contributed by atoms with Crippen molar-refractivity contribution < 1.29 is 4.79 Å². The molecule has 0 aliphatic rings. The lowest BCUT2D eigenvalue weighted by Gasteiger charge is -2.06. The van der Waals surface area contributed by atoms with E-state index in [-0.39, 0.29) is 11.6 Å². The average molecular weight is 237 g/mol. The Kier molecular flexibility index (Phi) is 2.78. The Balaban J connectivity index is 2.24. The zero-order valence-corrected chi connectivity index (χ0v) is 8.95. The second-order valence-electron chi connectivity index (χ2n) is 3.13. The lowest BCUT2D eigenvalue weighted by atomic mass is 10.1. The molecule has 0 radical (unpaired) electrons. The summed E-state index contributed by atoms with van der Waals surface area (Å²) in [7, 11) is 0. The minimum absolute atomic E-state index is 0.265. The van der Waals surface area contributed by atoms with Gasteiger partial charge in [-0.05, 0) is 12.1 Å². The van der Waals surface area contributed by atoms with Gasteiger partial charge >= 0.3 is 0 Å². The first-order valence-corrected chi connectivity index (χ1v) is 4.91. The van der Waals surface area contributed by atoms with Gasteiger partial charge in [0, 0.05) is 6.07 Å². The third kappa shape index (κ3) is 1.99. The summed E-state index contributed by atoms with van der Waals surface area (Å²) in [5, 5.41) is 9.30. The highest BCUT2D eigenvalue weighted by molar-refractivity contribution is 6.34. The van der Waals surface area contributed by atoms with E-state index >= 15 is 0 Å². The van der Waals surface area contributed by atoms with Crippen molar-refractivity contribution in [3.8, 4) is 0 Å². The predicted octanol–water partition coefficient (Wildman–Crippen LogP) is 1.90. The van der Waals surface area contributed by atoms with Crippen molar-refractivity contribution in [2.75, 3.05) is 11.1 Å². The SMILES string of the molecule is Nc1c(Cl)cccc1C(=O)Nc1ccn[nH]1. The first-order chi connectivity index (χ1) is 7.68. The van der Waals surface area contributed by atoms with Crippen molar-refractivity contribution in [2.45, 2.75) is 0 Å². The molecule has 1 aromatic heterocycles. The van der Waals surface area contributed by atoms with E-state index in [9.17, 15) is 4.79 Å². The number of halogens is 1. The fraction of sp³-hybridized carbons (Fsp3) is 0. The van der Waals surface area contributed by atoms with Gasteiger partial charge in [0.1, 0.15) is 5.82 Å². The zero-order valence-electron chi connectivity index (χ0n) is 8.20. The first kappa shape index (κ1) is 10.5. The third-order valence-electron chi connectivity index (χ3n) is 2.05. The van der Waals surface area contributed by atoms with E-state index in [1.807, 2.05) is 0 Å². The first-order valence-electron chi connectivity index (χ1n) is 4.53. The Morgan fingerprint density at radius 1 is 1.44 bits per heavy atom. The number of amides is 1. The van der Waals surface area contributed by atoms with Crippen LogP contribution in [0.25, 0.3) is 0 Å². The Morgan fingerprint density at radius 2 is 2.25 bits per heavy atom. The van der Waals surface area contributed by atoms with Gasteiger partial charge in [-0.1, -0.05) is 17.7 Å². The van der Waals surface area contributed by atoms with E-state index < -0.39 is 0 Å². The molecule has 4 N–H and O–H groups in total. The van der Waals surface area contributed by atoms with Crippen LogP contribution in [0.15, 0.2) is 30.5 Å². The summed E-state index contributed by atoms with van der Waals surface area (Å²) < 4.78 is 0. The number of carbonyl (C=O) groups excluding carboxylic acids is 1. The molecule has 0 saturated heterocycles. The standard InChI is InChI=1S/C10H9ClN4O/c11-7-3-1-2-6(9(7)12)10(16)14-8-4-5-13-15-8/h1-5H,12H2,(H2,13,14,15,16). The topological polar surface area (TPSA) is 83.8 Å². The number of rotatable bonds is 2. The second-order valence-corrected chi connectivity index (χ2v) is 3.53.